The monoisotopic (exact) mass is 257 g/mol. The number of amides is 1. The zero-order valence-corrected chi connectivity index (χ0v) is 11.4. The summed E-state index contributed by atoms with van der Waals surface area (Å²) in [5.74, 6) is 1.29. The number of aryl methyl sites for hydroxylation is 1. The molecule has 0 radical (unpaired) electrons. The normalized spacial score (nSPS) is 21.6. The largest absolute Gasteiger partial charge is 0.356 e. The van der Waals surface area contributed by atoms with Gasteiger partial charge >= 0.3 is 0 Å². The zero-order valence-electron chi connectivity index (χ0n) is 11.4. The second-order valence-corrected chi connectivity index (χ2v) is 5.34. The van der Waals surface area contributed by atoms with Crippen LogP contribution in [0.25, 0.3) is 5.52 Å². The Kier molecular flexibility index (Phi) is 3.01. The Hall–Kier alpha value is -1.84. The molecule has 1 aliphatic rings. The van der Waals surface area contributed by atoms with E-state index in [1.165, 1.54) is 11.1 Å². The topological polar surface area (TPSA) is 46.4 Å². The van der Waals surface area contributed by atoms with Gasteiger partial charge in [0, 0.05) is 19.2 Å². The standard InChI is InChI=1S/C15H19N3O/c1-3-15(19)16-9-11-8-13(11)12-5-4-6-18-14(12)7-10(2)17-18/h4-7,11,13H,3,8-9H2,1-2H3,(H,16,19). The number of aromatic nitrogens is 2. The third-order valence-corrected chi connectivity index (χ3v) is 3.86. The fraction of sp³-hybridized carbons (Fsp3) is 0.467. The minimum atomic E-state index is 0.143. The molecule has 1 aliphatic carbocycles. The van der Waals surface area contributed by atoms with E-state index < -0.39 is 0 Å². The Balaban J connectivity index is 1.74. The average Bonchev–Trinajstić information content (AvgIpc) is 3.07. The molecule has 0 aromatic carbocycles. The van der Waals surface area contributed by atoms with E-state index in [1.807, 2.05) is 24.6 Å². The van der Waals surface area contributed by atoms with Gasteiger partial charge in [-0.2, -0.15) is 5.10 Å². The molecule has 0 spiro atoms. The molecule has 1 N–H and O–H groups in total. The first-order chi connectivity index (χ1) is 9.19. The van der Waals surface area contributed by atoms with Gasteiger partial charge in [-0.05, 0) is 42.9 Å². The summed E-state index contributed by atoms with van der Waals surface area (Å²) in [6.45, 7) is 4.70. The highest BCUT2D eigenvalue weighted by Gasteiger charge is 2.39. The van der Waals surface area contributed by atoms with Gasteiger partial charge in [-0.1, -0.05) is 13.0 Å². The van der Waals surface area contributed by atoms with Crippen molar-refractivity contribution in [2.75, 3.05) is 6.54 Å². The molecule has 19 heavy (non-hydrogen) atoms. The van der Waals surface area contributed by atoms with Crippen molar-refractivity contribution in [3.63, 3.8) is 0 Å². The van der Waals surface area contributed by atoms with Crippen LogP contribution in [0.5, 0.6) is 0 Å². The predicted octanol–water partition coefficient (Wildman–Crippen LogP) is 2.27. The number of carbonyl (C=O) groups is 1. The summed E-state index contributed by atoms with van der Waals surface area (Å²) in [5, 5.41) is 7.43. The van der Waals surface area contributed by atoms with E-state index in [0.717, 1.165) is 18.7 Å². The lowest BCUT2D eigenvalue weighted by Gasteiger charge is -2.04. The summed E-state index contributed by atoms with van der Waals surface area (Å²) in [4.78, 5) is 11.3. The Morgan fingerprint density at radius 1 is 1.58 bits per heavy atom. The lowest BCUT2D eigenvalue weighted by Crippen LogP contribution is -2.24. The predicted molar refractivity (Wildman–Crippen MR) is 74.1 cm³/mol. The Bertz CT molecular complexity index is 617. The van der Waals surface area contributed by atoms with E-state index in [-0.39, 0.29) is 5.91 Å². The SMILES string of the molecule is CCC(=O)NCC1CC1c1cccn2nc(C)cc12. The molecule has 4 nitrogen and oxygen atoms in total. The van der Waals surface area contributed by atoms with Crippen LogP contribution in [0.1, 0.15) is 36.9 Å². The second-order valence-electron chi connectivity index (χ2n) is 5.34. The van der Waals surface area contributed by atoms with Gasteiger partial charge in [0.2, 0.25) is 5.91 Å². The number of fused-ring (bicyclic) bond motifs is 1. The van der Waals surface area contributed by atoms with Gasteiger partial charge in [0.15, 0.2) is 0 Å². The summed E-state index contributed by atoms with van der Waals surface area (Å²) in [5.41, 5.74) is 3.61. The maximum atomic E-state index is 11.3. The highest BCUT2D eigenvalue weighted by atomic mass is 16.1. The van der Waals surface area contributed by atoms with Gasteiger partial charge in [-0.3, -0.25) is 4.79 Å². The molecular weight excluding hydrogens is 238 g/mol. The molecule has 1 fully saturated rings. The maximum Gasteiger partial charge on any atom is 0.219 e. The zero-order chi connectivity index (χ0) is 13.4. The van der Waals surface area contributed by atoms with Crippen LogP contribution in [0, 0.1) is 12.8 Å². The molecule has 2 aromatic heterocycles. The van der Waals surface area contributed by atoms with Crippen LogP contribution in [0.4, 0.5) is 0 Å². The molecule has 2 unspecified atom stereocenters. The summed E-state index contributed by atoms with van der Waals surface area (Å²) in [6, 6.07) is 6.37. The fourth-order valence-corrected chi connectivity index (χ4v) is 2.70. The summed E-state index contributed by atoms with van der Waals surface area (Å²) < 4.78 is 1.95. The lowest BCUT2D eigenvalue weighted by molar-refractivity contribution is -0.120. The molecular formula is C15H19N3O. The van der Waals surface area contributed by atoms with Crippen molar-refractivity contribution < 1.29 is 4.79 Å². The van der Waals surface area contributed by atoms with Crippen LogP contribution in [0.2, 0.25) is 0 Å². The number of carbonyl (C=O) groups excluding carboxylic acids is 1. The van der Waals surface area contributed by atoms with Crippen molar-refractivity contribution in [3.8, 4) is 0 Å². The van der Waals surface area contributed by atoms with Crippen molar-refractivity contribution in [2.45, 2.75) is 32.6 Å². The van der Waals surface area contributed by atoms with Gasteiger partial charge in [0.05, 0.1) is 11.2 Å². The Morgan fingerprint density at radius 3 is 3.21 bits per heavy atom. The van der Waals surface area contributed by atoms with E-state index in [1.54, 1.807) is 0 Å². The third kappa shape index (κ3) is 2.35. The van der Waals surface area contributed by atoms with E-state index in [2.05, 4.69) is 28.6 Å². The average molecular weight is 257 g/mol. The third-order valence-electron chi connectivity index (χ3n) is 3.86. The second kappa shape index (κ2) is 4.68. The quantitative estimate of drug-likeness (QED) is 0.913. The molecule has 4 heteroatoms. The Morgan fingerprint density at radius 2 is 2.42 bits per heavy atom. The van der Waals surface area contributed by atoms with Gasteiger partial charge in [-0.25, -0.2) is 4.52 Å². The minimum Gasteiger partial charge on any atom is -0.356 e. The first-order valence-electron chi connectivity index (χ1n) is 6.90. The van der Waals surface area contributed by atoms with E-state index >= 15 is 0 Å². The van der Waals surface area contributed by atoms with Crippen LogP contribution >= 0.6 is 0 Å². The fourth-order valence-electron chi connectivity index (χ4n) is 2.70. The maximum absolute atomic E-state index is 11.3. The molecule has 3 rings (SSSR count). The van der Waals surface area contributed by atoms with Crippen molar-refractivity contribution in [1.82, 2.24) is 14.9 Å². The van der Waals surface area contributed by atoms with Crippen LogP contribution in [-0.2, 0) is 4.79 Å². The first-order valence-corrected chi connectivity index (χ1v) is 6.90. The van der Waals surface area contributed by atoms with Crippen LogP contribution in [0.15, 0.2) is 24.4 Å². The molecule has 1 saturated carbocycles. The van der Waals surface area contributed by atoms with E-state index in [0.29, 0.717) is 18.3 Å². The highest BCUT2D eigenvalue weighted by Crippen LogP contribution is 2.48. The van der Waals surface area contributed by atoms with Crippen molar-refractivity contribution in [1.29, 1.82) is 0 Å². The Labute approximate surface area is 112 Å². The first kappa shape index (κ1) is 12.2. The van der Waals surface area contributed by atoms with E-state index in [4.69, 9.17) is 0 Å². The molecule has 0 aliphatic heterocycles. The molecule has 2 atom stereocenters. The molecule has 2 aromatic rings. The van der Waals surface area contributed by atoms with Crippen LogP contribution < -0.4 is 5.32 Å². The van der Waals surface area contributed by atoms with Gasteiger partial charge < -0.3 is 5.32 Å². The molecule has 100 valence electrons. The van der Waals surface area contributed by atoms with Crippen molar-refractivity contribution in [3.05, 3.63) is 35.7 Å². The van der Waals surface area contributed by atoms with Gasteiger partial charge in [0.25, 0.3) is 0 Å². The highest BCUT2D eigenvalue weighted by molar-refractivity contribution is 5.75. The van der Waals surface area contributed by atoms with E-state index in [9.17, 15) is 4.79 Å². The number of hydrogen-bond acceptors (Lipinski definition) is 2. The summed E-state index contributed by atoms with van der Waals surface area (Å²) >= 11 is 0. The van der Waals surface area contributed by atoms with Crippen LogP contribution in [-0.4, -0.2) is 22.1 Å². The minimum absolute atomic E-state index is 0.143. The molecule has 0 saturated heterocycles. The van der Waals surface area contributed by atoms with Crippen molar-refractivity contribution >= 4 is 11.4 Å². The van der Waals surface area contributed by atoms with Crippen LogP contribution in [0.3, 0.4) is 0 Å². The number of rotatable bonds is 4. The number of pyridine rings is 1. The van der Waals surface area contributed by atoms with Gasteiger partial charge in [0.1, 0.15) is 0 Å². The lowest BCUT2D eigenvalue weighted by atomic mass is 10.1. The smallest absolute Gasteiger partial charge is 0.219 e. The molecule has 0 bridgehead atoms. The van der Waals surface area contributed by atoms with Crippen molar-refractivity contribution in [2.24, 2.45) is 5.92 Å². The molecule has 2 heterocycles. The number of nitrogens with zero attached hydrogens (tertiary/aromatic N) is 2. The van der Waals surface area contributed by atoms with Gasteiger partial charge in [-0.15, -0.1) is 0 Å². The number of nitrogens with one attached hydrogen (secondary N) is 1. The number of hydrogen-bond donors (Lipinski definition) is 1. The summed E-state index contributed by atoms with van der Waals surface area (Å²) in [7, 11) is 0. The molecule has 1 amide bonds. The summed E-state index contributed by atoms with van der Waals surface area (Å²) in [6.07, 6.45) is 3.71.